The Morgan fingerprint density at radius 2 is 2.15 bits per heavy atom. The number of nitrogens with zero attached hydrogens (tertiary/aromatic N) is 2. The molecule has 1 fully saturated rings. The van der Waals surface area contributed by atoms with Gasteiger partial charge in [-0.1, -0.05) is 35.6 Å². The minimum absolute atomic E-state index is 0.228. The van der Waals surface area contributed by atoms with Gasteiger partial charge in [0.05, 0.1) is 26.2 Å². The van der Waals surface area contributed by atoms with Crippen LogP contribution in [0.3, 0.4) is 0 Å². The molecular formula is C25H20ClFN4OS. The van der Waals surface area contributed by atoms with Gasteiger partial charge in [0.15, 0.2) is 5.82 Å². The topological polar surface area (TPSA) is 59.1 Å². The maximum Gasteiger partial charge on any atom is 0.151 e. The van der Waals surface area contributed by atoms with Crippen molar-refractivity contribution in [3.63, 3.8) is 0 Å². The lowest BCUT2D eigenvalue weighted by atomic mass is 10.2. The first-order valence-electron chi connectivity index (χ1n) is 10.6. The molecule has 2 aromatic carbocycles. The predicted molar refractivity (Wildman–Crippen MR) is 131 cm³/mol. The quantitative estimate of drug-likeness (QED) is 0.349. The highest BCUT2D eigenvalue weighted by atomic mass is 35.5. The van der Waals surface area contributed by atoms with Crippen molar-refractivity contribution in [2.75, 3.05) is 11.9 Å². The van der Waals surface area contributed by atoms with E-state index in [1.165, 1.54) is 24.9 Å². The lowest BCUT2D eigenvalue weighted by Crippen LogP contribution is -2.18. The average molecular weight is 479 g/mol. The molecule has 1 atom stereocenters. The summed E-state index contributed by atoms with van der Waals surface area (Å²) in [6, 6.07) is 14.0. The molecule has 5 nitrogen and oxygen atoms in total. The predicted octanol–water partition coefficient (Wildman–Crippen LogP) is 5.91. The second-order valence-corrected chi connectivity index (χ2v) is 9.11. The monoisotopic (exact) mass is 478 g/mol. The Kier molecular flexibility index (Phi) is 6.40. The van der Waals surface area contributed by atoms with Crippen LogP contribution in [0.25, 0.3) is 10.2 Å². The van der Waals surface area contributed by atoms with E-state index in [0.29, 0.717) is 16.6 Å². The Morgan fingerprint density at radius 1 is 1.21 bits per heavy atom. The molecule has 2 aromatic heterocycles. The minimum atomic E-state index is -0.296. The maximum absolute atomic E-state index is 13.3. The normalized spacial score (nSPS) is 15.3. The third-order valence-electron chi connectivity index (χ3n) is 5.22. The summed E-state index contributed by atoms with van der Waals surface area (Å²) in [5.41, 5.74) is 2.36. The molecule has 166 valence electrons. The summed E-state index contributed by atoms with van der Waals surface area (Å²) in [5.74, 6) is 7.48. The molecule has 1 aliphatic heterocycles. The highest BCUT2D eigenvalue weighted by molar-refractivity contribution is 7.20. The van der Waals surface area contributed by atoms with Crippen molar-refractivity contribution in [1.29, 1.82) is 0 Å². The number of rotatable bonds is 5. The van der Waals surface area contributed by atoms with Gasteiger partial charge in [-0.15, -0.1) is 11.3 Å². The largest absolute Gasteiger partial charge is 0.487 e. The van der Waals surface area contributed by atoms with E-state index in [1.54, 1.807) is 35.6 Å². The highest BCUT2D eigenvalue weighted by Gasteiger charge is 2.12. The zero-order valence-corrected chi connectivity index (χ0v) is 19.1. The lowest BCUT2D eigenvalue weighted by molar-refractivity contribution is 0.306. The molecule has 0 aliphatic carbocycles. The van der Waals surface area contributed by atoms with Gasteiger partial charge in [-0.25, -0.2) is 14.4 Å². The van der Waals surface area contributed by atoms with Crippen molar-refractivity contribution < 1.29 is 9.13 Å². The molecule has 1 aliphatic rings. The van der Waals surface area contributed by atoms with Crippen LogP contribution in [0.5, 0.6) is 5.75 Å². The molecule has 0 saturated carbocycles. The fourth-order valence-electron chi connectivity index (χ4n) is 3.59. The summed E-state index contributed by atoms with van der Waals surface area (Å²) in [4.78, 5) is 9.74. The fourth-order valence-corrected chi connectivity index (χ4v) is 4.74. The number of ether oxygens (including phenoxy) is 1. The molecule has 0 spiro atoms. The van der Waals surface area contributed by atoms with Gasteiger partial charge in [-0.3, -0.25) is 0 Å². The van der Waals surface area contributed by atoms with E-state index in [9.17, 15) is 4.39 Å². The Bertz CT molecular complexity index is 1360. The molecule has 2 N–H and O–H groups in total. The van der Waals surface area contributed by atoms with E-state index >= 15 is 0 Å². The third-order valence-corrected chi connectivity index (χ3v) is 6.56. The van der Waals surface area contributed by atoms with E-state index in [0.717, 1.165) is 39.3 Å². The first-order valence-corrected chi connectivity index (χ1v) is 11.8. The molecule has 0 radical (unpaired) electrons. The molecule has 0 bridgehead atoms. The summed E-state index contributed by atoms with van der Waals surface area (Å²) in [6.45, 7) is 1.26. The standard InChI is InChI=1S/C25H20ClFN4OS/c26-21-12-19(7-9-23(21)32-14-16-3-1-4-17(27)11-16)31-25-24-22(29-15-30-25)13-20(33-24)8-6-18-5-2-10-28-18/h1,3-4,7,9,11-13,15,18,28H,2,5,10,14H2,(H,29,30,31)/t18-/m0/s1. The first-order chi connectivity index (χ1) is 16.1. The number of thiophene rings is 1. The Hall–Kier alpha value is -3.18. The summed E-state index contributed by atoms with van der Waals surface area (Å²) in [7, 11) is 0. The van der Waals surface area contributed by atoms with Crippen LogP contribution in [-0.4, -0.2) is 22.6 Å². The Morgan fingerprint density at radius 3 is 2.97 bits per heavy atom. The second-order valence-electron chi connectivity index (χ2n) is 7.65. The van der Waals surface area contributed by atoms with Crippen LogP contribution < -0.4 is 15.4 Å². The number of anilines is 2. The van der Waals surface area contributed by atoms with Gasteiger partial charge in [0.1, 0.15) is 24.5 Å². The average Bonchev–Trinajstić information content (AvgIpc) is 3.47. The zero-order chi connectivity index (χ0) is 22.6. The number of fused-ring (bicyclic) bond motifs is 1. The van der Waals surface area contributed by atoms with Crippen molar-refractivity contribution in [2.45, 2.75) is 25.5 Å². The molecular weight excluding hydrogens is 459 g/mol. The van der Waals surface area contributed by atoms with E-state index in [2.05, 4.69) is 32.4 Å². The lowest BCUT2D eigenvalue weighted by Gasteiger charge is -2.11. The molecule has 4 aromatic rings. The van der Waals surface area contributed by atoms with Crippen LogP contribution >= 0.6 is 22.9 Å². The van der Waals surface area contributed by atoms with E-state index in [1.807, 2.05) is 12.1 Å². The fraction of sp³-hybridized carbons (Fsp3) is 0.200. The van der Waals surface area contributed by atoms with Gasteiger partial charge in [0.2, 0.25) is 0 Å². The van der Waals surface area contributed by atoms with Crippen LogP contribution in [0, 0.1) is 17.7 Å². The van der Waals surface area contributed by atoms with E-state index < -0.39 is 0 Å². The Balaban J connectivity index is 1.31. The van der Waals surface area contributed by atoms with Crippen LogP contribution in [0.15, 0.2) is 54.9 Å². The molecule has 5 rings (SSSR count). The van der Waals surface area contributed by atoms with Crippen molar-refractivity contribution in [3.05, 3.63) is 76.1 Å². The van der Waals surface area contributed by atoms with Gasteiger partial charge in [0.25, 0.3) is 0 Å². The van der Waals surface area contributed by atoms with Crippen LogP contribution in [-0.2, 0) is 6.61 Å². The Labute approximate surface area is 200 Å². The summed E-state index contributed by atoms with van der Waals surface area (Å²) in [5, 5.41) is 7.15. The molecule has 3 heterocycles. The smallest absolute Gasteiger partial charge is 0.151 e. The number of nitrogens with one attached hydrogen (secondary N) is 2. The van der Waals surface area contributed by atoms with Crippen molar-refractivity contribution in [3.8, 4) is 17.6 Å². The highest BCUT2D eigenvalue weighted by Crippen LogP contribution is 2.33. The number of hydrogen-bond donors (Lipinski definition) is 2. The van der Waals surface area contributed by atoms with Gasteiger partial charge in [-0.2, -0.15) is 0 Å². The van der Waals surface area contributed by atoms with Gasteiger partial charge in [-0.05, 0) is 61.3 Å². The second kappa shape index (κ2) is 9.75. The minimum Gasteiger partial charge on any atom is -0.487 e. The number of aromatic nitrogens is 2. The third kappa shape index (κ3) is 5.25. The first kappa shape index (κ1) is 21.7. The van der Waals surface area contributed by atoms with Gasteiger partial charge >= 0.3 is 0 Å². The van der Waals surface area contributed by atoms with Gasteiger partial charge < -0.3 is 15.4 Å². The maximum atomic E-state index is 13.3. The number of halogens is 2. The van der Waals surface area contributed by atoms with Crippen molar-refractivity contribution in [1.82, 2.24) is 15.3 Å². The van der Waals surface area contributed by atoms with Crippen LogP contribution in [0.2, 0.25) is 5.02 Å². The molecule has 8 heteroatoms. The summed E-state index contributed by atoms with van der Waals surface area (Å²) in [6.07, 6.45) is 3.79. The van der Waals surface area contributed by atoms with Gasteiger partial charge in [0, 0.05) is 5.69 Å². The van der Waals surface area contributed by atoms with E-state index in [-0.39, 0.29) is 18.5 Å². The molecule has 33 heavy (non-hydrogen) atoms. The zero-order valence-electron chi connectivity index (χ0n) is 17.6. The SMILES string of the molecule is Fc1cccc(COc2ccc(Nc3ncnc4cc(C#C[C@@H]5CCCN5)sc34)cc2Cl)c1. The van der Waals surface area contributed by atoms with Crippen LogP contribution in [0.1, 0.15) is 23.3 Å². The van der Waals surface area contributed by atoms with Crippen molar-refractivity contribution in [2.24, 2.45) is 0 Å². The number of benzene rings is 2. The summed E-state index contributed by atoms with van der Waals surface area (Å²) < 4.78 is 20.0. The van der Waals surface area contributed by atoms with Crippen LogP contribution in [0.4, 0.5) is 15.9 Å². The molecule has 1 saturated heterocycles. The van der Waals surface area contributed by atoms with E-state index in [4.69, 9.17) is 16.3 Å². The molecule has 0 amide bonds. The molecule has 0 unspecified atom stereocenters. The summed E-state index contributed by atoms with van der Waals surface area (Å²) >= 11 is 7.99. The van der Waals surface area contributed by atoms with Crippen molar-refractivity contribution >= 4 is 44.7 Å². The number of hydrogen-bond acceptors (Lipinski definition) is 6.